The molecular weight excluding hydrogens is 286 g/mol. The topological polar surface area (TPSA) is 43.6 Å². The van der Waals surface area contributed by atoms with Gasteiger partial charge in [0, 0.05) is 4.47 Å². The first-order chi connectivity index (χ1) is 7.09. The van der Waals surface area contributed by atoms with E-state index in [9.17, 15) is 4.39 Å². The van der Waals surface area contributed by atoms with E-state index in [0.29, 0.717) is 16.0 Å². The van der Waals surface area contributed by atoms with E-state index >= 15 is 0 Å². The minimum absolute atomic E-state index is 0.247. The highest BCUT2D eigenvalue weighted by Crippen LogP contribution is 2.29. The van der Waals surface area contributed by atoms with Gasteiger partial charge in [-0.1, -0.05) is 11.6 Å². The van der Waals surface area contributed by atoms with Gasteiger partial charge >= 0.3 is 0 Å². The summed E-state index contributed by atoms with van der Waals surface area (Å²) in [6.07, 6.45) is 0. The molecule has 0 spiro atoms. The molecule has 0 aliphatic rings. The van der Waals surface area contributed by atoms with Gasteiger partial charge < -0.3 is 0 Å². The standard InChI is InChI=1S/C8H5BrClFN4/c1-4-12-13-14-15(4)8-6(9)2-5(11)3-7(8)10/h2-3H,1H3. The van der Waals surface area contributed by atoms with Crippen LogP contribution in [0.1, 0.15) is 5.82 Å². The molecule has 1 aromatic carbocycles. The first-order valence-corrected chi connectivity index (χ1v) is 5.16. The molecule has 1 aromatic heterocycles. The van der Waals surface area contributed by atoms with Crippen LogP contribution in [0.5, 0.6) is 0 Å². The number of aromatic nitrogens is 4. The number of nitrogens with zero attached hydrogens (tertiary/aromatic N) is 4. The number of halogens is 3. The fourth-order valence-corrected chi connectivity index (χ4v) is 2.18. The van der Waals surface area contributed by atoms with Gasteiger partial charge in [0.05, 0.1) is 5.02 Å². The van der Waals surface area contributed by atoms with Crippen LogP contribution in [0.3, 0.4) is 0 Å². The smallest absolute Gasteiger partial charge is 0.153 e. The van der Waals surface area contributed by atoms with E-state index in [0.717, 1.165) is 0 Å². The maximum Gasteiger partial charge on any atom is 0.153 e. The third-order valence-electron chi connectivity index (χ3n) is 1.82. The van der Waals surface area contributed by atoms with E-state index in [1.54, 1.807) is 6.92 Å². The number of hydrogen-bond acceptors (Lipinski definition) is 3. The van der Waals surface area contributed by atoms with Crippen molar-refractivity contribution in [3.8, 4) is 5.69 Å². The van der Waals surface area contributed by atoms with Crippen LogP contribution in [0.2, 0.25) is 5.02 Å². The highest BCUT2D eigenvalue weighted by atomic mass is 79.9. The number of rotatable bonds is 1. The van der Waals surface area contributed by atoms with Gasteiger partial charge in [-0.2, -0.15) is 4.68 Å². The Bertz CT molecular complexity index is 490. The number of hydrogen-bond donors (Lipinski definition) is 0. The summed E-state index contributed by atoms with van der Waals surface area (Å²) >= 11 is 9.12. The number of benzene rings is 1. The summed E-state index contributed by atoms with van der Waals surface area (Å²) in [5.74, 6) is 0.158. The molecule has 4 nitrogen and oxygen atoms in total. The van der Waals surface area contributed by atoms with Crippen molar-refractivity contribution >= 4 is 27.5 Å². The van der Waals surface area contributed by atoms with E-state index in [-0.39, 0.29) is 5.02 Å². The Morgan fingerprint density at radius 2 is 2.20 bits per heavy atom. The lowest BCUT2D eigenvalue weighted by atomic mass is 10.3. The fraction of sp³-hybridized carbons (Fsp3) is 0.125. The van der Waals surface area contributed by atoms with Gasteiger partial charge in [0.1, 0.15) is 11.5 Å². The van der Waals surface area contributed by atoms with Gasteiger partial charge in [-0.25, -0.2) is 4.39 Å². The molecule has 0 amide bonds. The second kappa shape index (κ2) is 3.86. The lowest BCUT2D eigenvalue weighted by molar-refractivity contribution is 0.625. The molecule has 15 heavy (non-hydrogen) atoms. The third-order valence-corrected chi connectivity index (χ3v) is 2.71. The minimum atomic E-state index is -0.415. The quantitative estimate of drug-likeness (QED) is 0.811. The Kier molecular flexibility index (Phi) is 2.70. The summed E-state index contributed by atoms with van der Waals surface area (Å²) in [7, 11) is 0. The Hall–Kier alpha value is -1.01. The van der Waals surface area contributed by atoms with Crippen LogP contribution in [-0.2, 0) is 0 Å². The van der Waals surface area contributed by atoms with Crippen LogP contribution < -0.4 is 0 Å². The molecule has 0 aliphatic carbocycles. The zero-order valence-corrected chi connectivity index (χ0v) is 9.92. The zero-order valence-electron chi connectivity index (χ0n) is 7.58. The van der Waals surface area contributed by atoms with Crippen molar-refractivity contribution in [2.45, 2.75) is 6.92 Å². The molecule has 7 heteroatoms. The number of tetrazole rings is 1. The normalized spacial score (nSPS) is 10.7. The van der Waals surface area contributed by atoms with Gasteiger partial charge in [0.2, 0.25) is 0 Å². The molecule has 0 aliphatic heterocycles. The van der Waals surface area contributed by atoms with Gasteiger partial charge in [0.25, 0.3) is 0 Å². The van der Waals surface area contributed by atoms with Gasteiger partial charge in [0.15, 0.2) is 5.82 Å². The monoisotopic (exact) mass is 290 g/mol. The fourth-order valence-electron chi connectivity index (χ4n) is 1.18. The van der Waals surface area contributed by atoms with Gasteiger partial charge in [-0.3, -0.25) is 0 Å². The molecule has 0 saturated heterocycles. The molecule has 0 saturated carbocycles. The third kappa shape index (κ3) is 1.87. The van der Waals surface area contributed by atoms with Crippen LogP contribution in [-0.4, -0.2) is 20.2 Å². The maximum absolute atomic E-state index is 13.0. The lowest BCUT2D eigenvalue weighted by Crippen LogP contribution is -2.02. The molecule has 2 aromatic rings. The van der Waals surface area contributed by atoms with Crippen molar-refractivity contribution in [3.63, 3.8) is 0 Å². The lowest BCUT2D eigenvalue weighted by Gasteiger charge is -2.07. The first-order valence-electron chi connectivity index (χ1n) is 3.99. The predicted octanol–water partition coefficient (Wildman–Crippen LogP) is 2.53. The first kappa shape index (κ1) is 10.5. The second-order valence-corrected chi connectivity index (χ2v) is 4.12. The zero-order chi connectivity index (χ0) is 11.0. The van der Waals surface area contributed by atoms with E-state index in [1.807, 2.05) is 0 Å². The summed E-state index contributed by atoms with van der Waals surface area (Å²) in [6, 6.07) is 2.52. The molecule has 0 unspecified atom stereocenters. The van der Waals surface area contributed by atoms with Crippen LogP contribution >= 0.6 is 27.5 Å². The van der Waals surface area contributed by atoms with Crippen LogP contribution in [0.4, 0.5) is 4.39 Å². The second-order valence-electron chi connectivity index (χ2n) is 2.86. The van der Waals surface area contributed by atoms with Gasteiger partial charge in [-0.05, 0) is 45.4 Å². The molecule has 0 N–H and O–H groups in total. The highest BCUT2D eigenvalue weighted by molar-refractivity contribution is 9.10. The molecule has 0 fully saturated rings. The molecule has 0 atom stereocenters. The Balaban J connectivity index is 2.68. The minimum Gasteiger partial charge on any atom is -0.207 e. The van der Waals surface area contributed by atoms with Crippen LogP contribution in [0.25, 0.3) is 5.69 Å². The molecule has 78 valence electrons. The highest BCUT2D eigenvalue weighted by Gasteiger charge is 2.13. The van der Waals surface area contributed by atoms with Crippen molar-refractivity contribution in [1.82, 2.24) is 20.2 Å². The van der Waals surface area contributed by atoms with Crippen LogP contribution in [0.15, 0.2) is 16.6 Å². The van der Waals surface area contributed by atoms with E-state index < -0.39 is 5.82 Å². The van der Waals surface area contributed by atoms with Crippen LogP contribution in [0, 0.1) is 12.7 Å². The molecule has 0 bridgehead atoms. The van der Waals surface area contributed by atoms with E-state index in [1.165, 1.54) is 16.8 Å². The predicted molar refractivity (Wildman–Crippen MR) is 56.6 cm³/mol. The summed E-state index contributed by atoms with van der Waals surface area (Å²) in [5.41, 5.74) is 0.528. The van der Waals surface area contributed by atoms with Crippen molar-refractivity contribution < 1.29 is 4.39 Å². The van der Waals surface area contributed by atoms with Gasteiger partial charge in [-0.15, -0.1) is 5.10 Å². The average molecular weight is 292 g/mol. The van der Waals surface area contributed by atoms with E-state index in [4.69, 9.17) is 11.6 Å². The molecular formula is C8H5BrClFN4. The molecule has 1 heterocycles. The Labute approximate surface area is 98.2 Å². The largest absolute Gasteiger partial charge is 0.207 e. The molecule has 2 rings (SSSR count). The summed E-state index contributed by atoms with van der Waals surface area (Å²) < 4.78 is 14.9. The molecule has 0 radical (unpaired) electrons. The average Bonchev–Trinajstić information content (AvgIpc) is 2.50. The summed E-state index contributed by atoms with van der Waals surface area (Å²) in [4.78, 5) is 0. The summed E-state index contributed by atoms with van der Waals surface area (Å²) in [5, 5.41) is 11.2. The Morgan fingerprint density at radius 1 is 1.47 bits per heavy atom. The van der Waals surface area contributed by atoms with E-state index in [2.05, 4.69) is 31.5 Å². The SMILES string of the molecule is Cc1nnnn1-c1c(Cl)cc(F)cc1Br. The van der Waals surface area contributed by atoms with Crippen molar-refractivity contribution in [2.24, 2.45) is 0 Å². The summed E-state index contributed by atoms with van der Waals surface area (Å²) in [6.45, 7) is 1.73. The van der Waals surface area contributed by atoms with Crippen molar-refractivity contribution in [1.29, 1.82) is 0 Å². The Morgan fingerprint density at radius 3 is 2.73 bits per heavy atom. The number of aryl methyl sites for hydroxylation is 1. The van der Waals surface area contributed by atoms with Crippen molar-refractivity contribution in [3.05, 3.63) is 33.3 Å². The maximum atomic E-state index is 13.0. The van der Waals surface area contributed by atoms with Crippen molar-refractivity contribution in [2.75, 3.05) is 0 Å².